The van der Waals surface area contributed by atoms with Gasteiger partial charge in [0.25, 0.3) is 0 Å². The molecule has 0 rings (SSSR count). The lowest BCUT2D eigenvalue weighted by molar-refractivity contribution is 0.714. The van der Waals surface area contributed by atoms with Gasteiger partial charge in [0.1, 0.15) is 0 Å². The average molecular weight is 318 g/mol. The Hall–Kier alpha value is 0.750. The minimum absolute atomic E-state index is 0.498. The molecule has 2 atom stereocenters. The molecular weight excluding hydrogens is 305 g/mol. The number of alkyl halides is 1. The van der Waals surface area contributed by atoms with Crippen molar-refractivity contribution in [2.75, 3.05) is 0 Å². The maximum atomic E-state index is 5.63. The first-order valence-electron chi connectivity index (χ1n) is 3.22. The largest absolute Gasteiger partial charge is 0.402 e. The van der Waals surface area contributed by atoms with Gasteiger partial charge in [-0.15, -0.1) is 0 Å². The molecule has 0 radical (unpaired) electrons. The summed E-state index contributed by atoms with van der Waals surface area (Å²) in [5, 5.41) is 0. The molecule has 0 fully saturated rings. The Morgan fingerprint density at radius 1 is 1.50 bits per heavy atom. The van der Waals surface area contributed by atoms with E-state index in [-0.39, 0.29) is 0 Å². The van der Waals surface area contributed by atoms with Crippen LogP contribution in [0.5, 0.6) is 0 Å². The first-order valence-corrected chi connectivity index (χ1v) is 5.22. The highest BCUT2D eigenvalue weighted by molar-refractivity contribution is 14.1. The number of allylic oxidation sites excluding steroid dienone is 2. The Balaban J connectivity index is 4.22. The Labute approximate surface area is 84.7 Å². The molecule has 0 aromatic rings. The van der Waals surface area contributed by atoms with E-state index in [1.165, 1.54) is 3.58 Å². The first-order chi connectivity index (χ1) is 4.46. The summed E-state index contributed by atoms with van der Waals surface area (Å²) < 4.78 is 1.25. The molecule has 0 aromatic heterocycles. The Kier molecular flexibility index (Phi) is 4.94. The SMILES string of the molecule is C/C(N)=C(\I)C(C)[C@H](C)Br. The van der Waals surface area contributed by atoms with Crippen molar-refractivity contribution in [1.82, 2.24) is 0 Å². The quantitative estimate of drug-likeness (QED) is 0.615. The van der Waals surface area contributed by atoms with Crippen LogP contribution in [0.25, 0.3) is 0 Å². The van der Waals surface area contributed by atoms with E-state index in [9.17, 15) is 0 Å². The molecule has 10 heavy (non-hydrogen) atoms. The third-order valence-corrected chi connectivity index (χ3v) is 4.09. The second-order valence-corrected chi connectivity index (χ2v) is 5.10. The fourth-order valence-corrected chi connectivity index (χ4v) is 1.86. The molecular formula is C7H13BrIN. The standard InChI is InChI=1S/C7H13BrIN/c1-4(5(2)8)7(9)6(3)10/h4-5H,10H2,1-3H3/b7-6+/t4?,5-/m0/s1. The maximum absolute atomic E-state index is 5.63. The number of hydrogen-bond donors (Lipinski definition) is 1. The fraction of sp³-hybridized carbons (Fsp3) is 0.714. The third-order valence-electron chi connectivity index (χ3n) is 1.47. The summed E-state index contributed by atoms with van der Waals surface area (Å²) in [6.07, 6.45) is 0. The smallest absolute Gasteiger partial charge is 0.0188 e. The number of rotatable bonds is 2. The van der Waals surface area contributed by atoms with Gasteiger partial charge in [0, 0.05) is 20.0 Å². The van der Waals surface area contributed by atoms with Crippen LogP contribution in [0.2, 0.25) is 0 Å². The van der Waals surface area contributed by atoms with Crippen LogP contribution < -0.4 is 5.73 Å². The normalized spacial score (nSPS) is 19.7. The van der Waals surface area contributed by atoms with Crippen molar-refractivity contribution >= 4 is 38.5 Å². The van der Waals surface area contributed by atoms with Crippen molar-refractivity contribution in [2.45, 2.75) is 25.6 Å². The summed E-state index contributed by atoms with van der Waals surface area (Å²) in [5.41, 5.74) is 6.56. The molecule has 0 heterocycles. The van der Waals surface area contributed by atoms with Crippen LogP contribution in [-0.4, -0.2) is 4.83 Å². The molecule has 1 unspecified atom stereocenters. The predicted octanol–water partition coefficient (Wildman–Crippen LogP) is 3.03. The molecule has 1 nitrogen and oxygen atoms in total. The van der Waals surface area contributed by atoms with Crippen molar-refractivity contribution in [3.63, 3.8) is 0 Å². The van der Waals surface area contributed by atoms with E-state index >= 15 is 0 Å². The van der Waals surface area contributed by atoms with Gasteiger partial charge in [-0.3, -0.25) is 0 Å². The minimum Gasteiger partial charge on any atom is -0.402 e. The molecule has 0 saturated carbocycles. The highest BCUT2D eigenvalue weighted by atomic mass is 127. The second kappa shape index (κ2) is 4.59. The lowest BCUT2D eigenvalue weighted by atomic mass is 10.1. The molecule has 0 aliphatic carbocycles. The summed E-state index contributed by atoms with van der Waals surface area (Å²) in [6.45, 7) is 6.23. The fourth-order valence-electron chi connectivity index (χ4n) is 0.561. The molecule has 0 amide bonds. The monoisotopic (exact) mass is 317 g/mol. The Bertz CT molecular complexity index is 139. The van der Waals surface area contributed by atoms with Crippen molar-refractivity contribution in [2.24, 2.45) is 11.7 Å². The van der Waals surface area contributed by atoms with E-state index in [0.717, 1.165) is 5.70 Å². The van der Waals surface area contributed by atoms with Crippen molar-refractivity contribution in [3.05, 3.63) is 9.28 Å². The minimum atomic E-state index is 0.498. The van der Waals surface area contributed by atoms with Crippen LogP contribution in [0, 0.1) is 5.92 Å². The van der Waals surface area contributed by atoms with Gasteiger partial charge in [0.05, 0.1) is 0 Å². The molecule has 0 bridgehead atoms. The molecule has 60 valence electrons. The zero-order valence-corrected chi connectivity index (χ0v) is 10.2. The number of nitrogens with two attached hydrogens (primary N) is 1. The van der Waals surface area contributed by atoms with Crippen LogP contribution in [0.3, 0.4) is 0 Å². The van der Waals surface area contributed by atoms with Crippen LogP contribution in [0.1, 0.15) is 20.8 Å². The van der Waals surface area contributed by atoms with Crippen LogP contribution >= 0.6 is 38.5 Å². The van der Waals surface area contributed by atoms with Crippen molar-refractivity contribution in [1.29, 1.82) is 0 Å². The van der Waals surface area contributed by atoms with Gasteiger partial charge in [-0.2, -0.15) is 0 Å². The summed E-state index contributed by atoms with van der Waals surface area (Å²) in [4.78, 5) is 0.498. The second-order valence-electron chi connectivity index (χ2n) is 2.50. The summed E-state index contributed by atoms with van der Waals surface area (Å²) in [7, 11) is 0. The average Bonchev–Trinajstić information content (AvgIpc) is 1.84. The lowest BCUT2D eigenvalue weighted by Crippen LogP contribution is -2.09. The zero-order valence-electron chi connectivity index (χ0n) is 6.49. The molecule has 0 spiro atoms. The van der Waals surface area contributed by atoms with Gasteiger partial charge < -0.3 is 5.73 Å². The van der Waals surface area contributed by atoms with Gasteiger partial charge in [0.15, 0.2) is 0 Å². The molecule has 2 N–H and O–H groups in total. The molecule has 3 heteroatoms. The zero-order chi connectivity index (χ0) is 8.31. The molecule has 0 aliphatic heterocycles. The first kappa shape index (κ1) is 10.8. The van der Waals surface area contributed by atoms with Crippen LogP contribution in [-0.2, 0) is 0 Å². The molecule has 0 aromatic carbocycles. The van der Waals surface area contributed by atoms with Gasteiger partial charge in [-0.05, 0) is 29.5 Å². The number of hydrogen-bond acceptors (Lipinski definition) is 1. The van der Waals surface area contributed by atoms with Crippen LogP contribution in [0.4, 0.5) is 0 Å². The van der Waals surface area contributed by atoms with E-state index in [4.69, 9.17) is 5.73 Å². The van der Waals surface area contributed by atoms with E-state index in [2.05, 4.69) is 52.4 Å². The van der Waals surface area contributed by atoms with E-state index < -0.39 is 0 Å². The lowest BCUT2D eigenvalue weighted by Gasteiger charge is -2.14. The molecule has 0 saturated heterocycles. The maximum Gasteiger partial charge on any atom is 0.0188 e. The summed E-state index contributed by atoms with van der Waals surface area (Å²) in [5.74, 6) is 0.519. The topological polar surface area (TPSA) is 26.0 Å². The molecule has 0 aliphatic rings. The van der Waals surface area contributed by atoms with Gasteiger partial charge in [-0.1, -0.05) is 29.8 Å². The highest BCUT2D eigenvalue weighted by Gasteiger charge is 2.12. The Morgan fingerprint density at radius 2 is 1.90 bits per heavy atom. The van der Waals surface area contributed by atoms with E-state index in [1.807, 2.05) is 6.92 Å². The predicted molar refractivity (Wildman–Crippen MR) is 58.5 cm³/mol. The van der Waals surface area contributed by atoms with Gasteiger partial charge in [0.2, 0.25) is 0 Å². The van der Waals surface area contributed by atoms with E-state index in [1.54, 1.807) is 0 Å². The van der Waals surface area contributed by atoms with Gasteiger partial charge >= 0.3 is 0 Å². The highest BCUT2D eigenvalue weighted by Crippen LogP contribution is 2.26. The van der Waals surface area contributed by atoms with Crippen LogP contribution in [0.15, 0.2) is 9.28 Å². The van der Waals surface area contributed by atoms with E-state index in [0.29, 0.717) is 10.7 Å². The van der Waals surface area contributed by atoms with Crippen molar-refractivity contribution in [3.8, 4) is 0 Å². The summed E-state index contributed by atoms with van der Waals surface area (Å²) in [6, 6.07) is 0. The third kappa shape index (κ3) is 3.23. The Morgan fingerprint density at radius 3 is 2.00 bits per heavy atom. The number of halogens is 2. The summed E-state index contributed by atoms with van der Waals surface area (Å²) >= 11 is 5.81. The van der Waals surface area contributed by atoms with Crippen molar-refractivity contribution < 1.29 is 0 Å². The van der Waals surface area contributed by atoms with Gasteiger partial charge in [-0.25, -0.2) is 0 Å².